The first-order valence-corrected chi connectivity index (χ1v) is 11.5. The first kappa shape index (κ1) is 24.3. The molecule has 7 heteroatoms. The van der Waals surface area contributed by atoms with Crippen molar-refractivity contribution in [2.45, 2.75) is 39.2 Å². The van der Waals surface area contributed by atoms with Crippen LogP contribution in [0.5, 0.6) is 5.75 Å². The summed E-state index contributed by atoms with van der Waals surface area (Å²) in [6.45, 7) is 5.50. The van der Waals surface area contributed by atoms with Gasteiger partial charge in [0, 0.05) is 25.2 Å². The molecule has 33 heavy (non-hydrogen) atoms. The summed E-state index contributed by atoms with van der Waals surface area (Å²) < 4.78 is 5.33. The van der Waals surface area contributed by atoms with Crippen LogP contribution in [0.15, 0.2) is 48.5 Å². The molecule has 1 fully saturated rings. The first-order valence-electron chi connectivity index (χ1n) is 11.5. The topological polar surface area (TPSA) is 87.7 Å². The fraction of sp³-hybridized carbons (Fsp3) is 0.423. The normalized spacial score (nSPS) is 14.9. The average molecular weight is 452 g/mol. The lowest BCUT2D eigenvalue weighted by Crippen LogP contribution is -2.54. The number of likely N-dealkylation sites (tertiary alicyclic amines) is 1. The summed E-state index contributed by atoms with van der Waals surface area (Å²) in [6.07, 6.45) is 2.06. The smallest absolute Gasteiger partial charge is 0.257 e. The number of carbonyl (C=O) groups is 3. The Balaban J connectivity index is 1.70. The number of nitrogens with one attached hydrogen (secondary N) is 2. The molecule has 1 aliphatic rings. The van der Waals surface area contributed by atoms with E-state index in [-0.39, 0.29) is 23.6 Å². The molecular formula is C26H33N3O4. The third-order valence-electron chi connectivity index (χ3n) is 6.03. The summed E-state index contributed by atoms with van der Waals surface area (Å²) in [4.78, 5) is 40.6. The van der Waals surface area contributed by atoms with Gasteiger partial charge in [0.1, 0.15) is 11.8 Å². The van der Waals surface area contributed by atoms with Crippen molar-refractivity contribution in [2.75, 3.05) is 26.7 Å². The van der Waals surface area contributed by atoms with Crippen LogP contribution in [0.3, 0.4) is 0 Å². The minimum absolute atomic E-state index is 0.0580. The highest BCUT2D eigenvalue weighted by atomic mass is 16.5. The number of hydrogen-bond donors (Lipinski definition) is 2. The molecule has 2 aromatic rings. The van der Waals surface area contributed by atoms with E-state index in [4.69, 9.17) is 4.74 Å². The van der Waals surface area contributed by atoms with E-state index in [1.807, 2.05) is 44.2 Å². The summed E-state index contributed by atoms with van der Waals surface area (Å²) >= 11 is 0. The number of piperidine rings is 1. The van der Waals surface area contributed by atoms with E-state index >= 15 is 0 Å². The summed E-state index contributed by atoms with van der Waals surface area (Å²) in [6, 6.07) is 13.9. The van der Waals surface area contributed by atoms with E-state index in [1.165, 1.54) is 0 Å². The number of nitrogens with zero attached hydrogens (tertiary/aromatic N) is 1. The largest absolute Gasteiger partial charge is 0.496 e. The van der Waals surface area contributed by atoms with Gasteiger partial charge in [0.25, 0.3) is 11.8 Å². The van der Waals surface area contributed by atoms with Crippen LogP contribution in [0.2, 0.25) is 0 Å². The summed E-state index contributed by atoms with van der Waals surface area (Å²) in [5, 5.41) is 5.88. The number of para-hydroxylation sites is 1. The SMILES string of the molecule is CCCNC(=O)C(NC(=O)c1cccc(C)c1)C1CCN(C(=O)c2ccccc2OC)CC1. The van der Waals surface area contributed by atoms with E-state index in [1.54, 1.807) is 30.2 Å². The van der Waals surface area contributed by atoms with E-state index < -0.39 is 6.04 Å². The van der Waals surface area contributed by atoms with Gasteiger partial charge in [-0.05, 0) is 56.4 Å². The molecule has 3 amide bonds. The molecule has 0 aliphatic carbocycles. The van der Waals surface area contributed by atoms with E-state index in [2.05, 4.69) is 10.6 Å². The number of carbonyl (C=O) groups excluding carboxylic acids is 3. The Morgan fingerprint density at radius 1 is 1.09 bits per heavy atom. The molecule has 0 saturated carbocycles. The second kappa shape index (κ2) is 11.5. The van der Waals surface area contributed by atoms with Crippen LogP contribution >= 0.6 is 0 Å². The van der Waals surface area contributed by atoms with E-state index in [0.29, 0.717) is 49.4 Å². The molecular weight excluding hydrogens is 418 g/mol. The molecule has 176 valence electrons. The molecule has 1 unspecified atom stereocenters. The lowest BCUT2D eigenvalue weighted by molar-refractivity contribution is -0.124. The number of hydrogen-bond acceptors (Lipinski definition) is 4. The minimum Gasteiger partial charge on any atom is -0.496 e. The second-order valence-corrected chi connectivity index (χ2v) is 8.44. The lowest BCUT2D eigenvalue weighted by atomic mass is 9.88. The van der Waals surface area contributed by atoms with Crippen LogP contribution in [0, 0.1) is 12.8 Å². The van der Waals surface area contributed by atoms with Gasteiger partial charge in [-0.3, -0.25) is 14.4 Å². The van der Waals surface area contributed by atoms with Crippen molar-refractivity contribution in [3.8, 4) is 5.75 Å². The van der Waals surface area contributed by atoms with E-state index in [9.17, 15) is 14.4 Å². The third-order valence-corrected chi connectivity index (χ3v) is 6.03. The summed E-state index contributed by atoms with van der Waals surface area (Å²) in [7, 11) is 1.55. The van der Waals surface area contributed by atoms with Crippen molar-refractivity contribution in [1.82, 2.24) is 15.5 Å². The van der Waals surface area contributed by atoms with Crippen LogP contribution in [0.4, 0.5) is 0 Å². The van der Waals surface area contributed by atoms with Crippen molar-refractivity contribution < 1.29 is 19.1 Å². The van der Waals surface area contributed by atoms with Gasteiger partial charge in [0.05, 0.1) is 12.7 Å². The summed E-state index contributed by atoms with van der Waals surface area (Å²) in [5.41, 5.74) is 2.05. The van der Waals surface area contributed by atoms with E-state index in [0.717, 1.165) is 12.0 Å². The zero-order chi connectivity index (χ0) is 23.8. The zero-order valence-electron chi connectivity index (χ0n) is 19.6. The maximum absolute atomic E-state index is 13.0. The molecule has 0 bridgehead atoms. The molecule has 0 aromatic heterocycles. The lowest BCUT2D eigenvalue weighted by Gasteiger charge is -2.36. The van der Waals surface area contributed by atoms with Crippen LogP contribution in [-0.4, -0.2) is 55.4 Å². The Labute approximate surface area is 195 Å². The van der Waals surface area contributed by atoms with Crippen LogP contribution in [0.25, 0.3) is 0 Å². The highest BCUT2D eigenvalue weighted by Gasteiger charge is 2.34. The van der Waals surface area contributed by atoms with Crippen molar-refractivity contribution in [2.24, 2.45) is 5.92 Å². The number of ether oxygens (including phenoxy) is 1. The van der Waals surface area contributed by atoms with Gasteiger partial charge in [-0.1, -0.05) is 36.8 Å². The Bertz CT molecular complexity index is 983. The third kappa shape index (κ3) is 6.12. The number of methoxy groups -OCH3 is 1. The molecule has 3 rings (SSSR count). The molecule has 2 N–H and O–H groups in total. The van der Waals surface area contributed by atoms with Crippen LogP contribution in [-0.2, 0) is 4.79 Å². The molecule has 2 aromatic carbocycles. The molecule has 1 saturated heterocycles. The van der Waals surface area contributed by atoms with Crippen LogP contribution < -0.4 is 15.4 Å². The predicted octanol–water partition coefficient (Wildman–Crippen LogP) is 3.18. The highest BCUT2D eigenvalue weighted by Crippen LogP contribution is 2.25. The standard InChI is InChI=1S/C26H33N3O4/c1-4-14-27-25(31)23(28-24(30)20-9-7-8-18(2)17-20)19-12-15-29(16-13-19)26(32)21-10-5-6-11-22(21)33-3/h5-11,17,19,23H,4,12-16H2,1-3H3,(H,27,31)(H,28,30). The maximum Gasteiger partial charge on any atom is 0.257 e. The Hall–Kier alpha value is -3.35. The number of aryl methyl sites for hydroxylation is 1. The van der Waals surface area contributed by atoms with Crippen molar-refractivity contribution >= 4 is 17.7 Å². The number of rotatable bonds is 8. The maximum atomic E-state index is 13.0. The molecule has 7 nitrogen and oxygen atoms in total. The Kier molecular flexibility index (Phi) is 8.46. The van der Waals surface area contributed by atoms with Crippen LogP contribution in [0.1, 0.15) is 52.5 Å². The molecule has 0 radical (unpaired) electrons. The van der Waals surface area contributed by atoms with Gasteiger partial charge >= 0.3 is 0 Å². The van der Waals surface area contributed by atoms with Gasteiger partial charge < -0.3 is 20.3 Å². The fourth-order valence-electron chi connectivity index (χ4n) is 4.19. The Morgan fingerprint density at radius 2 is 1.82 bits per heavy atom. The van der Waals surface area contributed by atoms with Gasteiger partial charge in [0.15, 0.2) is 0 Å². The summed E-state index contributed by atoms with van der Waals surface area (Å²) in [5.74, 6) is -0.0267. The molecule has 1 aliphatic heterocycles. The van der Waals surface area contributed by atoms with Crippen molar-refractivity contribution in [1.29, 1.82) is 0 Å². The van der Waals surface area contributed by atoms with Gasteiger partial charge in [-0.2, -0.15) is 0 Å². The quantitative estimate of drug-likeness (QED) is 0.645. The number of benzene rings is 2. The van der Waals surface area contributed by atoms with Crippen molar-refractivity contribution in [3.05, 3.63) is 65.2 Å². The second-order valence-electron chi connectivity index (χ2n) is 8.44. The van der Waals surface area contributed by atoms with Crippen molar-refractivity contribution in [3.63, 3.8) is 0 Å². The molecule has 1 heterocycles. The fourth-order valence-corrected chi connectivity index (χ4v) is 4.19. The molecule has 1 atom stereocenters. The number of amides is 3. The Morgan fingerprint density at radius 3 is 2.48 bits per heavy atom. The monoisotopic (exact) mass is 451 g/mol. The highest BCUT2D eigenvalue weighted by molar-refractivity contribution is 5.98. The van der Waals surface area contributed by atoms with Gasteiger partial charge in [-0.15, -0.1) is 0 Å². The predicted molar refractivity (Wildman–Crippen MR) is 127 cm³/mol. The van der Waals surface area contributed by atoms with Gasteiger partial charge in [-0.25, -0.2) is 0 Å². The van der Waals surface area contributed by atoms with Gasteiger partial charge in [0.2, 0.25) is 5.91 Å². The molecule has 0 spiro atoms. The average Bonchev–Trinajstić information content (AvgIpc) is 2.85. The zero-order valence-corrected chi connectivity index (χ0v) is 19.6. The first-order chi connectivity index (χ1) is 15.9. The minimum atomic E-state index is -0.645.